The van der Waals surface area contributed by atoms with Crippen LogP contribution in [-0.4, -0.2) is 60.1 Å². The molecule has 1 unspecified atom stereocenters. The Bertz CT molecular complexity index is 1170. The van der Waals surface area contributed by atoms with Crippen molar-refractivity contribution in [3.63, 3.8) is 0 Å². The summed E-state index contributed by atoms with van der Waals surface area (Å²) in [5, 5.41) is 11.2. The summed E-state index contributed by atoms with van der Waals surface area (Å²) >= 11 is 0. The summed E-state index contributed by atoms with van der Waals surface area (Å²) in [6.45, 7) is 8.74. The molecule has 0 aliphatic carbocycles. The van der Waals surface area contributed by atoms with Crippen LogP contribution in [0.15, 0.2) is 47.6 Å². The number of amidine groups is 1. The number of nitrogens with one attached hydrogen (secondary N) is 3. The fourth-order valence-corrected chi connectivity index (χ4v) is 4.24. The molecule has 3 aliphatic rings. The lowest BCUT2D eigenvalue weighted by Gasteiger charge is -2.41. The number of hydrogen-bond donors (Lipinski definition) is 3. The molecule has 0 radical (unpaired) electrons. The second-order valence-corrected chi connectivity index (χ2v) is 9.92. The number of para-hydroxylation sites is 1. The van der Waals surface area contributed by atoms with Crippen molar-refractivity contribution in [1.29, 1.82) is 0 Å². The van der Waals surface area contributed by atoms with Crippen molar-refractivity contribution in [1.82, 2.24) is 10.3 Å². The Labute approximate surface area is 204 Å². The Balaban J connectivity index is 1.42. The quantitative estimate of drug-likeness (QED) is 0.617. The monoisotopic (exact) mass is 478 g/mol. The van der Waals surface area contributed by atoms with Crippen LogP contribution in [0, 0.1) is 0 Å². The fourth-order valence-electron chi connectivity index (χ4n) is 4.24. The van der Waals surface area contributed by atoms with E-state index in [2.05, 4.69) is 21.2 Å². The number of carbonyl (C=O) groups excluding carboxylic acids is 2. The van der Waals surface area contributed by atoms with Crippen molar-refractivity contribution in [2.75, 3.05) is 35.2 Å². The molecule has 1 saturated heterocycles. The number of ether oxygens (including phenoxy) is 2. The van der Waals surface area contributed by atoms with Crippen LogP contribution in [0.25, 0.3) is 0 Å². The zero-order chi connectivity index (χ0) is 24.7. The highest BCUT2D eigenvalue weighted by Crippen LogP contribution is 2.42. The highest BCUT2D eigenvalue weighted by atomic mass is 16.6. The van der Waals surface area contributed by atoms with Crippen molar-refractivity contribution in [3.8, 4) is 5.75 Å². The van der Waals surface area contributed by atoms with Gasteiger partial charge in [-0.2, -0.15) is 5.10 Å². The van der Waals surface area contributed by atoms with E-state index in [9.17, 15) is 9.59 Å². The summed E-state index contributed by atoms with van der Waals surface area (Å²) in [6.07, 6.45) is -0.314. The summed E-state index contributed by atoms with van der Waals surface area (Å²) in [7, 11) is 0. The zero-order valence-electron chi connectivity index (χ0n) is 20.3. The van der Waals surface area contributed by atoms with E-state index >= 15 is 0 Å². The molecule has 35 heavy (non-hydrogen) atoms. The maximum atomic E-state index is 12.4. The number of fused-ring (bicyclic) bond motifs is 3. The largest absolute Gasteiger partial charge is 0.483 e. The molecule has 1 fully saturated rings. The van der Waals surface area contributed by atoms with Crippen LogP contribution in [0.3, 0.4) is 0 Å². The molecule has 1 atom stereocenters. The normalized spacial score (nSPS) is 19.4. The standard InChI is InChI=1S/C25H30N6O4/c1-15-23(32)29-28-22-14-34-21-11-19(26-16-8-6-5-7-9-16)18(10-20(21)31(15)22)27-17-12-30(13-17)24(33)35-25(2,3)4/h5-11,15,17,26-27H,12-14H2,1-4H3,(H,29,32). The lowest BCUT2D eigenvalue weighted by Crippen LogP contribution is -2.58. The van der Waals surface area contributed by atoms with Gasteiger partial charge in [-0.3, -0.25) is 4.79 Å². The minimum Gasteiger partial charge on any atom is -0.483 e. The molecule has 2 aromatic carbocycles. The van der Waals surface area contributed by atoms with Gasteiger partial charge in [0, 0.05) is 24.8 Å². The summed E-state index contributed by atoms with van der Waals surface area (Å²) in [5.74, 6) is 1.15. The summed E-state index contributed by atoms with van der Waals surface area (Å²) < 4.78 is 11.5. The van der Waals surface area contributed by atoms with E-state index < -0.39 is 11.6 Å². The minimum atomic E-state index is -0.530. The van der Waals surface area contributed by atoms with Gasteiger partial charge in [0.1, 0.15) is 24.0 Å². The molecule has 3 heterocycles. The molecule has 10 heteroatoms. The number of likely N-dealkylation sites (tertiary alicyclic amines) is 1. The van der Waals surface area contributed by atoms with Crippen molar-refractivity contribution in [2.24, 2.45) is 5.10 Å². The van der Waals surface area contributed by atoms with Crippen LogP contribution in [0.5, 0.6) is 5.75 Å². The fraction of sp³-hybridized carbons (Fsp3) is 0.400. The average molecular weight is 479 g/mol. The molecule has 2 aromatic rings. The van der Waals surface area contributed by atoms with Crippen molar-refractivity contribution in [3.05, 3.63) is 42.5 Å². The highest BCUT2D eigenvalue weighted by Gasteiger charge is 2.37. The van der Waals surface area contributed by atoms with E-state index in [1.54, 1.807) is 4.90 Å². The van der Waals surface area contributed by atoms with E-state index in [0.29, 0.717) is 24.7 Å². The molecule has 5 rings (SSSR count). The molecule has 184 valence electrons. The van der Waals surface area contributed by atoms with E-state index in [0.717, 1.165) is 22.7 Å². The molecule has 10 nitrogen and oxygen atoms in total. The van der Waals surface area contributed by atoms with Gasteiger partial charge in [0.2, 0.25) is 0 Å². The molecule has 0 bridgehead atoms. The van der Waals surface area contributed by atoms with Crippen LogP contribution in [-0.2, 0) is 9.53 Å². The Hall–Kier alpha value is -3.95. The first-order valence-corrected chi connectivity index (χ1v) is 11.7. The minimum absolute atomic E-state index is 0.0524. The van der Waals surface area contributed by atoms with E-state index in [4.69, 9.17) is 9.47 Å². The SMILES string of the molecule is CC1C(=O)NN=C2COc3cc(Nc4ccccc4)c(NC4CN(C(=O)OC(C)(C)C)C4)cc3N21. The molecule has 3 aliphatic heterocycles. The van der Waals surface area contributed by atoms with Gasteiger partial charge in [-0.05, 0) is 45.9 Å². The maximum Gasteiger partial charge on any atom is 0.410 e. The van der Waals surface area contributed by atoms with Gasteiger partial charge in [0.15, 0.2) is 5.84 Å². The number of anilines is 4. The second-order valence-electron chi connectivity index (χ2n) is 9.92. The number of rotatable bonds is 4. The first-order valence-electron chi connectivity index (χ1n) is 11.7. The van der Waals surface area contributed by atoms with Crippen LogP contribution in [0.4, 0.5) is 27.5 Å². The van der Waals surface area contributed by atoms with Gasteiger partial charge in [-0.15, -0.1) is 0 Å². The molecular formula is C25H30N6O4. The lowest BCUT2D eigenvalue weighted by atomic mass is 10.1. The first kappa shape index (κ1) is 22.8. The van der Waals surface area contributed by atoms with Gasteiger partial charge < -0.3 is 29.9 Å². The van der Waals surface area contributed by atoms with E-state index in [1.807, 2.05) is 75.1 Å². The lowest BCUT2D eigenvalue weighted by molar-refractivity contribution is -0.122. The second kappa shape index (κ2) is 8.68. The average Bonchev–Trinajstić information content (AvgIpc) is 2.77. The molecule has 3 N–H and O–H groups in total. The number of hydrogen-bond acceptors (Lipinski definition) is 8. The number of hydrazone groups is 1. The van der Waals surface area contributed by atoms with Crippen LogP contribution >= 0.6 is 0 Å². The van der Waals surface area contributed by atoms with Gasteiger partial charge >= 0.3 is 6.09 Å². The zero-order valence-corrected chi connectivity index (χ0v) is 20.3. The third-order valence-electron chi connectivity index (χ3n) is 6.00. The van der Waals surface area contributed by atoms with E-state index in [1.165, 1.54) is 0 Å². The van der Waals surface area contributed by atoms with Gasteiger partial charge in [-0.1, -0.05) is 18.2 Å². The Morgan fingerprint density at radius 2 is 1.91 bits per heavy atom. The van der Waals surface area contributed by atoms with Crippen LogP contribution < -0.4 is 25.7 Å². The predicted molar refractivity (Wildman–Crippen MR) is 134 cm³/mol. The van der Waals surface area contributed by atoms with Gasteiger partial charge in [-0.25, -0.2) is 10.2 Å². The Kier molecular flexibility index (Phi) is 5.66. The van der Waals surface area contributed by atoms with Gasteiger partial charge in [0.05, 0.1) is 23.1 Å². The van der Waals surface area contributed by atoms with E-state index in [-0.39, 0.29) is 24.6 Å². The number of carbonyl (C=O) groups is 2. The predicted octanol–water partition coefficient (Wildman–Crippen LogP) is 3.49. The Morgan fingerprint density at radius 1 is 1.17 bits per heavy atom. The van der Waals surface area contributed by atoms with Crippen molar-refractivity contribution < 1.29 is 19.1 Å². The topological polar surface area (TPSA) is 108 Å². The van der Waals surface area contributed by atoms with Crippen molar-refractivity contribution >= 4 is 40.6 Å². The van der Waals surface area contributed by atoms with Crippen molar-refractivity contribution in [2.45, 2.75) is 45.4 Å². The number of nitrogens with zero attached hydrogens (tertiary/aromatic N) is 3. The molecule has 2 amide bonds. The summed E-state index contributed by atoms with van der Waals surface area (Å²) in [6, 6.07) is 13.4. The van der Waals surface area contributed by atoms with Crippen LogP contribution in [0.2, 0.25) is 0 Å². The first-order chi connectivity index (χ1) is 16.7. The summed E-state index contributed by atoms with van der Waals surface area (Å²) in [4.78, 5) is 28.2. The molecule has 0 saturated carbocycles. The highest BCUT2D eigenvalue weighted by molar-refractivity contribution is 6.10. The van der Waals surface area contributed by atoms with Gasteiger partial charge in [0.25, 0.3) is 5.91 Å². The molecular weight excluding hydrogens is 448 g/mol. The smallest absolute Gasteiger partial charge is 0.410 e. The van der Waals surface area contributed by atoms with Crippen LogP contribution in [0.1, 0.15) is 27.7 Å². The molecule has 0 aromatic heterocycles. The third kappa shape index (κ3) is 4.68. The maximum absolute atomic E-state index is 12.4. The Morgan fingerprint density at radius 3 is 2.63 bits per heavy atom. The summed E-state index contributed by atoms with van der Waals surface area (Å²) in [5.41, 5.74) is 5.39. The third-order valence-corrected chi connectivity index (χ3v) is 6.00. The molecule has 0 spiro atoms. The number of benzene rings is 2. The number of amides is 2.